The number of rotatable bonds is 8. The minimum atomic E-state index is -0.0910. The molecule has 3 rings (SSSR count). The number of hydrogen-bond acceptors (Lipinski definition) is 3. The zero-order chi connectivity index (χ0) is 19.1. The SMILES string of the molecule is O=C(NCCCn1cc(Cl)cn1)c1ccc(COc2ccccc2Br)cc1. The molecule has 140 valence electrons. The lowest BCUT2D eigenvalue weighted by molar-refractivity contribution is 0.0952. The van der Waals surface area contributed by atoms with Gasteiger partial charge in [0.1, 0.15) is 12.4 Å². The molecule has 0 saturated carbocycles. The van der Waals surface area contributed by atoms with Crippen molar-refractivity contribution < 1.29 is 9.53 Å². The maximum Gasteiger partial charge on any atom is 0.251 e. The molecule has 1 aromatic heterocycles. The van der Waals surface area contributed by atoms with E-state index in [0.29, 0.717) is 30.3 Å². The van der Waals surface area contributed by atoms with Gasteiger partial charge in [0.25, 0.3) is 5.91 Å². The van der Waals surface area contributed by atoms with Crippen LogP contribution in [0.25, 0.3) is 0 Å². The van der Waals surface area contributed by atoms with Crippen molar-refractivity contribution in [2.45, 2.75) is 19.6 Å². The monoisotopic (exact) mass is 447 g/mol. The number of para-hydroxylation sites is 1. The van der Waals surface area contributed by atoms with Crippen LogP contribution in [0.15, 0.2) is 65.4 Å². The Kier molecular flexibility index (Phi) is 6.90. The molecular formula is C20H19BrClN3O2. The van der Waals surface area contributed by atoms with Crippen molar-refractivity contribution in [2.75, 3.05) is 6.54 Å². The third kappa shape index (κ3) is 5.84. The lowest BCUT2D eigenvalue weighted by Crippen LogP contribution is -2.25. The third-order valence-corrected chi connectivity index (χ3v) is 4.75. The molecule has 0 bridgehead atoms. The summed E-state index contributed by atoms with van der Waals surface area (Å²) in [6.45, 7) is 1.72. The van der Waals surface area contributed by atoms with Crippen LogP contribution in [0.3, 0.4) is 0 Å². The Morgan fingerprint density at radius 3 is 2.67 bits per heavy atom. The zero-order valence-electron chi connectivity index (χ0n) is 14.6. The molecule has 0 aliphatic carbocycles. The van der Waals surface area contributed by atoms with E-state index in [-0.39, 0.29) is 5.91 Å². The minimum absolute atomic E-state index is 0.0910. The second-order valence-corrected chi connectivity index (χ2v) is 7.24. The van der Waals surface area contributed by atoms with E-state index in [4.69, 9.17) is 16.3 Å². The van der Waals surface area contributed by atoms with Crippen LogP contribution in [0.1, 0.15) is 22.3 Å². The first-order valence-electron chi connectivity index (χ1n) is 8.54. The van der Waals surface area contributed by atoms with Crippen LogP contribution in [0.5, 0.6) is 5.75 Å². The number of ether oxygens (including phenoxy) is 1. The van der Waals surface area contributed by atoms with Crippen molar-refractivity contribution in [2.24, 2.45) is 0 Å². The van der Waals surface area contributed by atoms with Gasteiger partial charge in [0, 0.05) is 24.8 Å². The van der Waals surface area contributed by atoms with Gasteiger partial charge < -0.3 is 10.1 Å². The standard InChI is InChI=1S/C20H19BrClN3O2/c21-18-4-1-2-5-19(18)27-14-15-6-8-16(9-7-15)20(26)23-10-3-11-25-13-17(22)12-24-25/h1-2,4-9,12-13H,3,10-11,14H2,(H,23,26). The molecule has 0 spiro atoms. The molecule has 27 heavy (non-hydrogen) atoms. The molecule has 0 fully saturated rings. The molecule has 0 aliphatic heterocycles. The summed E-state index contributed by atoms with van der Waals surface area (Å²) in [5.41, 5.74) is 1.62. The van der Waals surface area contributed by atoms with Crippen molar-refractivity contribution in [3.8, 4) is 5.75 Å². The summed E-state index contributed by atoms with van der Waals surface area (Å²) < 4.78 is 8.45. The number of aromatic nitrogens is 2. The quantitative estimate of drug-likeness (QED) is 0.508. The highest BCUT2D eigenvalue weighted by Gasteiger charge is 2.06. The number of hydrogen-bond donors (Lipinski definition) is 1. The molecule has 1 heterocycles. The van der Waals surface area contributed by atoms with E-state index in [0.717, 1.165) is 22.2 Å². The van der Waals surface area contributed by atoms with Crippen molar-refractivity contribution in [1.82, 2.24) is 15.1 Å². The Morgan fingerprint density at radius 1 is 1.19 bits per heavy atom. The second-order valence-electron chi connectivity index (χ2n) is 5.95. The van der Waals surface area contributed by atoms with Crippen LogP contribution in [0.2, 0.25) is 5.02 Å². The largest absolute Gasteiger partial charge is 0.488 e. The Morgan fingerprint density at radius 2 is 1.96 bits per heavy atom. The number of nitrogens with zero attached hydrogens (tertiary/aromatic N) is 2. The van der Waals surface area contributed by atoms with Gasteiger partial charge in [0.15, 0.2) is 0 Å². The van der Waals surface area contributed by atoms with Gasteiger partial charge in [-0.25, -0.2) is 0 Å². The van der Waals surface area contributed by atoms with Crippen LogP contribution in [-0.4, -0.2) is 22.2 Å². The van der Waals surface area contributed by atoms with Crippen LogP contribution in [-0.2, 0) is 13.2 Å². The zero-order valence-corrected chi connectivity index (χ0v) is 16.9. The van der Waals surface area contributed by atoms with Crippen LogP contribution in [0, 0.1) is 0 Å². The van der Waals surface area contributed by atoms with Crippen molar-refractivity contribution in [3.63, 3.8) is 0 Å². The molecule has 0 atom stereocenters. The predicted molar refractivity (Wildman–Crippen MR) is 109 cm³/mol. The molecule has 3 aromatic rings. The van der Waals surface area contributed by atoms with E-state index in [1.807, 2.05) is 36.4 Å². The van der Waals surface area contributed by atoms with Crippen molar-refractivity contribution in [3.05, 3.63) is 81.5 Å². The molecular weight excluding hydrogens is 430 g/mol. The van der Waals surface area contributed by atoms with Gasteiger partial charge in [0.2, 0.25) is 0 Å². The fraction of sp³-hybridized carbons (Fsp3) is 0.200. The smallest absolute Gasteiger partial charge is 0.251 e. The summed E-state index contributed by atoms with van der Waals surface area (Å²) in [4.78, 5) is 12.2. The van der Waals surface area contributed by atoms with E-state index in [2.05, 4.69) is 26.3 Å². The van der Waals surface area contributed by atoms with E-state index in [1.165, 1.54) is 0 Å². The van der Waals surface area contributed by atoms with Gasteiger partial charge in [-0.2, -0.15) is 5.10 Å². The molecule has 1 amide bonds. The highest BCUT2D eigenvalue weighted by molar-refractivity contribution is 9.10. The molecule has 0 aliphatic rings. The first-order valence-corrected chi connectivity index (χ1v) is 9.71. The lowest BCUT2D eigenvalue weighted by Gasteiger charge is -2.09. The average Bonchev–Trinajstić information content (AvgIpc) is 3.10. The summed E-state index contributed by atoms with van der Waals surface area (Å²) in [6, 6.07) is 15.1. The molecule has 1 N–H and O–H groups in total. The van der Waals surface area contributed by atoms with Gasteiger partial charge in [-0.05, 0) is 52.2 Å². The number of benzene rings is 2. The maximum absolute atomic E-state index is 12.2. The molecule has 0 saturated heterocycles. The van der Waals surface area contributed by atoms with Crippen molar-refractivity contribution in [1.29, 1.82) is 0 Å². The van der Waals surface area contributed by atoms with Gasteiger partial charge in [-0.1, -0.05) is 35.9 Å². The summed E-state index contributed by atoms with van der Waals surface area (Å²) in [5.74, 6) is 0.699. The third-order valence-electron chi connectivity index (χ3n) is 3.90. The Hall–Kier alpha value is -2.31. The van der Waals surface area contributed by atoms with Gasteiger partial charge in [-0.15, -0.1) is 0 Å². The van der Waals surface area contributed by atoms with Gasteiger partial charge >= 0.3 is 0 Å². The number of nitrogens with one attached hydrogen (secondary N) is 1. The van der Waals surface area contributed by atoms with Crippen LogP contribution in [0.4, 0.5) is 0 Å². The summed E-state index contributed by atoms with van der Waals surface area (Å²) in [7, 11) is 0. The average molecular weight is 449 g/mol. The molecule has 7 heteroatoms. The van der Waals surface area contributed by atoms with Crippen LogP contribution >= 0.6 is 27.5 Å². The molecule has 0 unspecified atom stereocenters. The highest BCUT2D eigenvalue weighted by atomic mass is 79.9. The first-order chi connectivity index (χ1) is 13.1. The van der Waals surface area contributed by atoms with E-state index in [9.17, 15) is 4.79 Å². The number of carbonyl (C=O) groups is 1. The fourth-order valence-corrected chi connectivity index (χ4v) is 3.04. The second kappa shape index (κ2) is 9.58. The van der Waals surface area contributed by atoms with E-state index < -0.39 is 0 Å². The van der Waals surface area contributed by atoms with Gasteiger partial charge in [0.05, 0.1) is 15.7 Å². The lowest BCUT2D eigenvalue weighted by atomic mass is 10.1. The number of aryl methyl sites for hydroxylation is 1. The number of halogens is 2. The van der Waals surface area contributed by atoms with E-state index in [1.54, 1.807) is 29.2 Å². The first kappa shape index (κ1) is 19.5. The van der Waals surface area contributed by atoms with Crippen LogP contribution < -0.4 is 10.1 Å². The van der Waals surface area contributed by atoms with Gasteiger partial charge in [-0.3, -0.25) is 9.48 Å². The molecule has 2 aromatic carbocycles. The Labute approximate surface area is 171 Å². The highest BCUT2D eigenvalue weighted by Crippen LogP contribution is 2.24. The predicted octanol–water partition coefficient (Wildman–Crippen LogP) is 4.70. The summed E-state index contributed by atoms with van der Waals surface area (Å²) >= 11 is 9.27. The Bertz CT molecular complexity index is 896. The van der Waals surface area contributed by atoms with E-state index >= 15 is 0 Å². The topological polar surface area (TPSA) is 56.2 Å². The molecule has 0 radical (unpaired) electrons. The van der Waals surface area contributed by atoms with Crippen molar-refractivity contribution >= 4 is 33.4 Å². The maximum atomic E-state index is 12.2. The number of amides is 1. The fourth-order valence-electron chi connectivity index (χ4n) is 2.48. The summed E-state index contributed by atoms with van der Waals surface area (Å²) in [6.07, 6.45) is 4.14. The normalized spacial score (nSPS) is 10.6. The number of carbonyl (C=O) groups excluding carboxylic acids is 1. The molecule has 5 nitrogen and oxygen atoms in total. The minimum Gasteiger partial charge on any atom is -0.488 e. The summed E-state index contributed by atoms with van der Waals surface area (Å²) in [5, 5.41) is 7.63. The Balaban J connectivity index is 1.43.